The first kappa shape index (κ1) is 12.0. The zero-order valence-corrected chi connectivity index (χ0v) is 10.6. The summed E-state index contributed by atoms with van der Waals surface area (Å²) < 4.78 is 0. The maximum Gasteiger partial charge on any atom is 0.249 e. The van der Waals surface area contributed by atoms with Gasteiger partial charge >= 0.3 is 0 Å². The van der Waals surface area contributed by atoms with Gasteiger partial charge in [0.2, 0.25) is 11.8 Å². The van der Waals surface area contributed by atoms with E-state index >= 15 is 0 Å². The molecule has 1 aliphatic rings. The molecule has 17 heavy (non-hydrogen) atoms. The minimum Gasteiger partial charge on any atom is -0.350 e. The number of amides is 2. The molecule has 2 N–H and O–H groups in total. The van der Waals surface area contributed by atoms with Crippen LogP contribution in [-0.4, -0.2) is 22.8 Å². The first-order valence-electron chi connectivity index (χ1n) is 5.62. The number of hydrogen-bond donors (Lipinski definition) is 2. The van der Waals surface area contributed by atoms with Gasteiger partial charge in [0, 0.05) is 17.5 Å². The van der Waals surface area contributed by atoms with Crippen LogP contribution in [0, 0.1) is 0 Å². The lowest BCUT2D eigenvalue weighted by atomic mass is 10.1. The fraction of sp³-hybridized carbons (Fsp3) is 0.545. The third-order valence-electron chi connectivity index (χ3n) is 2.63. The van der Waals surface area contributed by atoms with E-state index in [0.717, 1.165) is 5.13 Å². The van der Waals surface area contributed by atoms with Crippen LogP contribution in [0.25, 0.3) is 0 Å². The van der Waals surface area contributed by atoms with Crippen molar-refractivity contribution in [2.45, 2.75) is 38.6 Å². The minimum atomic E-state index is -0.348. The molecule has 1 aliphatic heterocycles. The summed E-state index contributed by atoms with van der Waals surface area (Å²) in [4.78, 5) is 27.9. The second-order valence-corrected chi connectivity index (χ2v) is 5.43. The van der Waals surface area contributed by atoms with Gasteiger partial charge in [-0.25, -0.2) is 4.98 Å². The van der Waals surface area contributed by atoms with Gasteiger partial charge in [-0.2, -0.15) is 0 Å². The number of nitrogens with zero attached hydrogens (tertiary/aromatic N) is 1. The maximum absolute atomic E-state index is 11.5. The molecule has 92 valence electrons. The zero-order valence-electron chi connectivity index (χ0n) is 9.82. The summed E-state index contributed by atoms with van der Waals surface area (Å²) in [7, 11) is 0. The number of rotatable bonds is 3. The first-order valence-corrected chi connectivity index (χ1v) is 6.44. The quantitative estimate of drug-likeness (QED) is 0.800. The van der Waals surface area contributed by atoms with Crippen LogP contribution < -0.4 is 10.6 Å². The van der Waals surface area contributed by atoms with E-state index < -0.39 is 0 Å². The number of thiazole rings is 1. The molecule has 2 rings (SSSR count). The van der Waals surface area contributed by atoms with Crippen LogP contribution in [0.5, 0.6) is 0 Å². The molecule has 6 heteroatoms. The molecular weight excluding hydrogens is 238 g/mol. The average Bonchev–Trinajstić information content (AvgIpc) is 2.71. The molecule has 2 amide bonds. The van der Waals surface area contributed by atoms with Crippen molar-refractivity contribution in [3.05, 3.63) is 11.1 Å². The van der Waals surface area contributed by atoms with Gasteiger partial charge in [0.1, 0.15) is 6.04 Å². The Kier molecular flexibility index (Phi) is 3.42. The number of nitrogens with one attached hydrogen (secondary N) is 2. The van der Waals surface area contributed by atoms with E-state index in [1.807, 2.05) is 6.20 Å². The highest BCUT2D eigenvalue weighted by atomic mass is 32.1. The molecule has 0 spiro atoms. The molecule has 1 unspecified atom stereocenters. The number of carbonyl (C=O) groups excluding carboxylic acids is 2. The molecule has 1 aromatic rings. The lowest BCUT2D eigenvalue weighted by Crippen LogP contribution is -2.47. The molecular formula is C11H15N3O2S. The maximum atomic E-state index is 11.5. The van der Waals surface area contributed by atoms with Crippen LogP contribution >= 0.6 is 11.3 Å². The van der Waals surface area contributed by atoms with Crippen LogP contribution in [0.15, 0.2) is 6.20 Å². The van der Waals surface area contributed by atoms with Crippen molar-refractivity contribution in [1.29, 1.82) is 0 Å². The minimum absolute atomic E-state index is 0.199. The summed E-state index contributed by atoms with van der Waals surface area (Å²) in [6.45, 7) is 4.20. The van der Waals surface area contributed by atoms with Gasteiger partial charge in [0.05, 0.1) is 0 Å². The number of aromatic nitrogens is 1. The largest absolute Gasteiger partial charge is 0.350 e. The first-order chi connectivity index (χ1) is 8.06. The predicted molar refractivity (Wildman–Crippen MR) is 66.0 cm³/mol. The van der Waals surface area contributed by atoms with E-state index in [4.69, 9.17) is 0 Å². The lowest BCUT2D eigenvalue weighted by Gasteiger charge is -2.21. The lowest BCUT2D eigenvalue weighted by molar-refractivity contribution is -0.133. The second kappa shape index (κ2) is 4.83. The van der Waals surface area contributed by atoms with Gasteiger partial charge in [-0.1, -0.05) is 13.8 Å². The third-order valence-corrected chi connectivity index (χ3v) is 3.86. The van der Waals surface area contributed by atoms with Crippen LogP contribution in [0.4, 0.5) is 5.13 Å². The van der Waals surface area contributed by atoms with E-state index in [0.29, 0.717) is 18.8 Å². The van der Waals surface area contributed by atoms with Gasteiger partial charge in [-0.05, 0) is 12.3 Å². The Hall–Kier alpha value is -1.43. The highest BCUT2D eigenvalue weighted by Crippen LogP contribution is 2.26. The Morgan fingerprint density at radius 2 is 2.29 bits per heavy atom. The molecule has 1 fully saturated rings. The van der Waals surface area contributed by atoms with Gasteiger partial charge in [0.25, 0.3) is 0 Å². The van der Waals surface area contributed by atoms with Crippen LogP contribution in [-0.2, 0) is 9.59 Å². The van der Waals surface area contributed by atoms with Crippen molar-refractivity contribution in [3.8, 4) is 0 Å². The van der Waals surface area contributed by atoms with E-state index in [9.17, 15) is 9.59 Å². The van der Waals surface area contributed by atoms with Crippen molar-refractivity contribution >= 4 is 28.3 Å². The van der Waals surface area contributed by atoms with Crippen molar-refractivity contribution in [1.82, 2.24) is 10.3 Å². The molecule has 0 radical (unpaired) electrons. The topological polar surface area (TPSA) is 71.1 Å². The summed E-state index contributed by atoms with van der Waals surface area (Å²) in [5, 5.41) is 6.12. The monoisotopic (exact) mass is 253 g/mol. The molecule has 2 heterocycles. The summed E-state index contributed by atoms with van der Waals surface area (Å²) in [5.41, 5.74) is 0. The molecule has 0 aliphatic carbocycles. The number of imide groups is 1. The van der Waals surface area contributed by atoms with E-state index in [2.05, 4.69) is 29.5 Å². The third kappa shape index (κ3) is 2.82. The highest BCUT2D eigenvalue weighted by molar-refractivity contribution is 7.15. The smallest absolute Gasteiger partial charge is 0.249 e. The molecule has 0 saturated carbocycles. The SMILES string of the molecule is CC(C)c1cnc(NC2CCC(=O)NC2=O)s1. The zero-order chi connectivity index (χ0) is 12.4. The molecule has 1 atom stereocenters. The van der Waals surface area contributed by atoms with Crippen LogP contribution in [0.1, 0.15) is 37.5 Å². The normalized spacial score (nSPS) is 20.5. The number of hydrogen-bond acceptors (Lipinski definition) is 5. The van der Waals surface area contributed by atoms with Gasteiger partial charge in [-0.3, -0.25) is 14.9 Å². The molecule has 1 saturated heterocycles. The summed E-state index contributed by atoms with van der Waals surface area (Å²) in [6.07, 6.45) is 2.73. The second-order valence-electron chi connectivity index (χ2n) is 4.37. The summed E-state index contributed by atoms with van der Waals surface area (Å²) >= 11 is 1.55. The summed E-state index contributed by atoms with van der Waals surface area (Å²) in [6, 6.07) is -0.348. The Bertz CT molecular complexity index is 442. The van der Waals surface area contributed by atoms with Crippen molar-refractivity contribution < 1.29 is 9.59 Å². The Morgan fingerprint density at radius 1 is 1.53 bits per heavy atom. The summed E-state index contributed by atoms with van der Waals surface area (Å²) in [5.74, 6) is -0.0255. The Balaban J connectivity index is 2.00. The van der Waals surface area contributed by atoms with Crippen LogP contribution in [0.3, 0.4) is 0 Å². The Labute approximate surface area is 104 Å². The molecule has 1 aromatic heterocycles. The number of carbonyl (C=O) groups is 2. The van der Waals surface area contributed by atoms with E-state index in [1.165, 1.54) is 4.88 Å². The van der Waals surface area contributed by atoms with E-state index in [-0.39, 0.29) is 17.9 Å². The Morgan fingerprint density at radius 3 is 2.88 bits per heavy atom. The standard InChI is InChI=1S/C11H15N3O2S/c1-6(2)8-5-12-11(17-8)13-7-3-4-9(15)14-10(7)16/h5-7H,3-4H2,1-2H3,(H,12,13)(H,14,15,16). The van der Waals surface area contributed by atoms with Crippen molar-refractivity contribution in [3.63, 3.8) is 0 Å². The average molecular weight is 253 g/mol. The van der Waals surface area contributed by atoms with E-state index in [1.54, 1.807) is 11.3 Å². The molecule has 0 bridgehead atoms. The van der Waals surface area contributed by atoms with Crippen molar-refractivity contribution in [2.75, 3.05) is 5.32 Å². The highest BCUT2D eigenvalue weighted by Gasteiger charge is 2.26. The predicted octanol–water partition coefficient (Wildman–Crippen LogP) is 1.48. The molecule has 0 aromatic carbocycles. The van der Waals surface area contributed by atoms with Gasteiger partial charge in [0.15, 0.2) is 5.13 Å². The fourth-order valence-electron chi connectivity index (χ4n) is 1.60. The number of piperidine rings is 1. The van der Waals surface area contributed by atoms with Gasteiger partial charge in [-0.15, -0.1) is 11.3 Å². The number of anilines is 1. The fourth-order valence-corrected chi connectivity index (χ4v) is 2.47. The van der Waals surface area contributed by atoms with Crippen molar-refractivity contribution in [2.24, 2.45) is 0 Å². The van der Waals surface area contributed by atoms with Crippen LogP contribution in [0.2, 0.25) is 0 Å². The van der Waals surface area contributed by atoms with Gasteiger partial charge < -0.3 is 5.32 Å². The molecule has 5 nitrogen and oxygen atoms in total.